The van der Waals surface area contributed by atoms with Crippen LogP contribution < -0.4 is 0 Å². The first-order valence-electron chi connectivity index (χ1n) is 5.53. The van der Waals surface area contributed by atoms with Crippen LogP contribution in [0.5, 0.6) is 0 Å². The molecule has 0 fully saturated rings. The molecule has 4 heteroatoms. The average molecular weight is 254 g/mol. The Morgan fingerprint density at radius 3 is 2.29 bits per heavy atom. The molecule has 3 nitrogen and oxygen atoms in total. The SMILES string of the molecule is CO/C(=C\CC(C)C)c1ccc([SH](=O)=O)cc1. The van der Waals surface area contributed by atoms with Gasteiger partial charge < -0.3 is 4.74 Å². The van der Waals surface area contributed by atoms with Gasteiger partial charge in [-0.15, -0.1) is 0 Å². The normalized spacial score (nSPS) is 12.2. The number of hydrogen-bond donors (Lipinski definition) is 1. The molecular formula is C13H18O3S. The van der Waals surface area contributed by atoms with Gasteiger partial charge in [0.15, 0.2) is 10.7 Å². The van der Waals surface area contributed by atoms with Crippen molar-refractivity contribution in [3.63, 3.8) is 0 Å². The average Bonchev–Trinajstić information content (AvgIpc) is 2.30. The van der Waals surface area contributed by atoms with Crippen molar-refractivity contribution in [1.29, 1.82) is 0 Å². The van der Waals surface area contributed by atoms with E-state index in [1.807, 2.05) is 6.08 Å². The molecule has 0 aromatic heterocycles. The van der Waals surface area contributed by atoms with E-state index in [0.29, 0.717) is 10.8 Å². The topological polar surface area (TPSA) is 43.4 Å². The molecule has 0 N–H and O–H groups in total. The first kappa shape index (κ1) is 13.8. The Morgan fingerprint density at radius 2 is 1.88 bits per heavy atom. The molecule has 1 rings (SSSR count). The smallest absolute Gasteiger partial charge is 0.168 e. The quantitative estimate of drug-likeness (QED) is 0.649. The molecule has 0 aliphatic rings. The summed E-state index contributed by atoms with van der Waals surface area (Å²) in [6.07, 6.45) is 2.96. The number of methoxy groups -OCH3 is 1. The fourth-order valence-electron chi connectivity index (χ4n) is 1.41. The van der Waals surface area contributed by atoms with Crippen molar-refractivity contribution in [1.82, 2.24) is 0 Å². The van der Waals surface area contributed by atoms with Crippen LogP contribution in [0.3, 0.4) is 0 Å². The molecule has 0 saturated heterocycles. The number of hydrogen-bond acceptors (Lipinski definition) is 3. The highest BCUT2D eigenvalue weighted by Crippen LogP contribution is 2.18. The minimum atomic E-state index is -2.51. The molecule has 0 amide bonds. The molecule has 0 spiro atoms. The Bertz CT molecular complexity index is 448. The van der Waals surface area contributed by atoms with E-state index in [0.717, 1.165) is 17.7 Å². The van der Waals surface area contributed by atoms with Gasteiger partial charge in [0.2, 0.25) is 0 Å². The summed E-state index contributed by atoms with van der Waals surface area (Å²) in [4.78, 5) is 0.322. The van der Waals surface area contributed by atoms with Crippen molar-refractivity contribution < 1.29 is 13.2 Å². The van der Waals surface area contributed by atoms with E-state index in [-0.39, 0.29) is 0 Å². The number of benzene rings is 1. The van der Waals surface area contributed by atoms with Crippen molar-refractivity contribution >= 4 is 16.5 Å². The van der Waals surface area contributed by atoms with Crippen LogP contribution in [-0.4, -0.2) is 15.5 Å². The van der Waals surface area contributed by atoms with Gasteiger partial charge in [-0.2, -0.15) is 0 Å². The number of allylic oxidation sites excluding steroid dienone is 1. The van der Waals surface area contributed by atoms with Crippen LogP contribution in [0.25, 0.3) is 5.76 Å². The van der Waals surface area contributed by atoms with E-state index >= 15 is 0 Å². The lowest BCUT2D eigenvalue weighted by molar-refractivity contribution is 0.367. The largest absolute Gasteiger partial charge is 0.496 e. The van der Waals surface area contributed by atoms with Gasteiger partial charge in [0, 0.05) is 5.56 Å². The lowest BCUT2D eigenvalue weighted by Crippen LogP contribution is -1.91. The zero-order chi connectivity index (χ0) is 12.8. The highest BCUT2D eigenvalue weighted by Gasteiger charge is 2.03. The van der Waals surface area contributed by atoms with Gasteiger partial charge in [-0.3, -0.25) is 0 Å². The molecule has 0 atom stereocenters. The van der Waals surface area contributed by atoms with Crippen LogP contribution in [0.15, 0.2) is 35.2 Å². The predicted octanol–water partition coefficient (Wildman–Crippen LogP) is 2.69. The van der Waals surface area contributed by atoms with Gasteiger partial charge in [-0.25, -0.2) is 8.42 Å². The number of ether oxygens (including phenoxy) is 1. The standard InChI is InChI=1S/C13H18O3S/c1-10(2)4-9-13(16-3)11-5-7-12(8-6-11)17(14)15/h5-10,17H,4H2,1-3H3/b13-9-. The lowest BCUT2D eigenvalue weighted by atomic mass is 10.1. The Labute approximate surface area is 104 Å². The summed E-state index contributed by atoms with van der Waals surface area (Å²) in [5.41, 5.74) is 0.897. The fourth-order valence-corrected chi connectivity index (χ4v) is 1.80. The van der Waals surface area contributed by atoms with Crippen molar-refractivity contribution in [2.75, 3.05) is 7.11 Å². The lowest BCUT2D eigenvalue weighted by Gasteiger charge is -2.07. The van der Waals surface area contributed by atoms with E-state index in [4.69, 9.17) is 4.74 Å². The molecule has 1 aromatic carbocycles. The fraction of sp³-hybridized carbons (Fsp3) is 0.385. The molecule has 94 valence electrons. The van der Waals surface area contributed by atoms with Gasteiger partial charge in [-0.1, -0.05) is 13.8 Å². The molecule has 0 heterocycles. The van der Waals surface area contributed by atoms with Crippen molar-refractivity contribution in [2.45, 2.75) is 25.2 Å². The second kappa shape index (κ2) is 6.45. The highest BCUT2D eigenvalue weighted by molar-refractivity contribution is 7.72. The monoisotopic (exact) mass is 254 g/mol. The maximum atomic E-state index is 10.8. The molecule has 0 saturated carbocycles. The maximum Gasteiger partial charge on any atom is 0.168 e. The summed E-state index contributed by atoms with van der Waals surface area (Å²) in [5, 5.41) is 0. The summed E-state index contributed by atoms with van der Waals surface area (Å²) in [5.74, 6) is 1.35. The first-order chi connectivity index (χ1) is 8.04. The van der Waals surface area contributed by atoms with Crippen LogP contribution in [0, 0.1) is 5.92 Å². The summed E-state index contributed by atoms with van der Waals surface area (Å²) in [6.45, 7) is 4.27. The van der Waals surface area contributed by atoms with Crippen LogP contribution in [0.2, 0.25) is 0 Å². The van der Waals surface area contributed by atoms with Crippen LogP contribution in [0.4, 0.5) is 0 Å². The zero-order valence-corrected chi connectivity index (χ0v) is 11.2. The van der Waals surface area contributed by atoms with Crippen molar-refractivity contribution in [3.8, 4) is 0 Å². The summed E-state index contributed by atoms with van der Waals surface area (Å²) < 4.78 is 26.8. The molecule has 0 radical (unpaired) electrons. The molecule has 17 heavy (non-hydrogen) atoms. The number of thiol groups is 1. The molecular weight excluding hydrogens is 236 g/mol. The summed E-state index contributed by atoms with van der Waals surface area (Å²) >= 11 is 0. The van der Waals surface area contributed by atoms with E-state index in [1.54, 1.807) is 31.4 Å². The van der Waals surface area contributed by atoms with Crippen LogP contribution >= 0.6 is 0 Å². The highest BCUT2D eigenvalue weighted by atomic mass is 32.2. The van der Waals surface area contributed by atoms with E-state index in [1.165, 1.54) is 0 Å². The van der Waals surface area contributed by atoms with E-state index in [9.17, 15) is 8.42 Å². The van der Waals surface area contributed by atoms with Crippen molar-refractivity contribution in [2.24, 2.45) is 5.92 Å². The molecule has 1 aromatic rings. The zero-order valence-electron chi connectivity index (χ0n) is 10.3. The third-order valence-electron chi connectivity index (χ3n) is 2.36. The van der Waals surface area contributed by atoms with Gasteiger partial charge in [0.25, 0.3) is 0 Å². The minimum Gasteiger partial charge on any atom is -0.496 e. The number of rotatable bonds is 5. The van der Waals surface area contributed by atoms with Crippen LogP contribution in [0.1, 0.15) is 25.8 Å². The van der Waals surface area contributed by atoms with E-state index in [2.05, 4.69) is 13.8 Å². The maximum absolute atomic E-state index is 10.8. The van der Waals surface area contributed by atoms with Gasteiger partial charge in [0.1, 0.15) is 5.76 Å². The summed E-state index contributed by atoms with van der Waals surface area (Å²) in [7, 11) is -0.891. The van der Waals surface area contributed by atoms with Gasteiger partial charge in [-0.05, 0) is 42.7 Å². The third-order valence-corrected chi connectivity index (χ3v) is 3.08. The van der Waals surface area contributed by atoms with E-state index < -0.39 is 10.7 Å². The minimum absolute atomic E-state index is 0.322. The van der Waals surface area contributed by atoms with Gasteiger partial charge >= 0.3 is 0 Å². The summed E-state index contributed by atoms with van der Waals surface area (Å²) in [6, 6.07) is 6.69. The van der Waals surface area contributed by atoms with Crippen molar-refractivity contribution in [3.05, 3.63) is 35.9 Å². The molecule has 0 aliphatic carbocycles. The first-order valence-corrected chi connectivity index (χ1v) is 6.71. The Kier molecular flexibility index (Phi) is 5.22. The predicted molar refractivity (Wildman–Crippen MR) is 69.5 cm³/mol. The molecule has 0 aliphatic heterocycles. The Morgan fingerprint density at radius 1 is 1.29 bits per heavy atom. The third kappa shape index (κ3) is 4.23. The van der Waals surface area contributed by atoms with Crippen LogP contribution in [-0.2, 0) is 15.4 Å². The Hall–Kier alpha value is -1.29. The molecule has 0 bridgehead atoms. The second-order valence-electron chi connectivity index (χ2n) is 4.21. The Balaban J connectivity index is 2.93. The second-order valence-corrected chi connectivity index (χ2v) is 5.24. The van der Waals surface area contributed by atoms with Gasteiger partial charge in [0.05, 0.1) is 12.0 Å². The molecule has 0 unspecified atom stereocenters.